The minimum absolute atomic E-state index is 0.143. The summed E-state index contributed by atoms with van der Waals surface area (Å²) >= 11 is 0. The molecule has 0 aliphatic rings. The summed E-state index contributed by atoms with van der Waals surface area (Å²) in [5.41, 5.74) is 4.40. The Kier molecular flexibility index (Phi) is 4.33. The summed E-state index contributed by atoms with van der Waals surface area (Å²) in [6.07, 6.45) is 0. The Morgan fingerprint density at radius 3 is 2.47 bits per heavy atom. The van der Waals surface area contributed by atoms with E-state index in [0.29, 0.717) is 5.56 Å². The number of rotatable bonds is 4. The van der Waals surface area contributed by atoms with Gasteiger partial charge in [-0.1, -0.05) is 36.4 Å². The second kappa shape index (κ2) is 5.98. The molecule has 0 aliphatic heterocycles. The SMILES string of the molecule is Cc1cc(CNC(C)c2ccccc2C)ccc1F. The van der Waals surface area contributed by atoms with Crippen molar-refractivity contribution in [1.82, 2.24) is 5.32 Å². The lowest BCUT2D eigenvalue weighted by molar-refractivity contribution is 0.569. The van der Waals surface area contributed by atoms with Crippen LogP contribution in [0.1, 0.15) is 35.2 Å². The number of benzene rings is 2. The summed E-state index contributed by atoms with van der Waals surface area (Å²) in [6, 6.07) is 13.9. The molecule has 2 aromatic carbocycles. The van der Waals surface area contributed by atoms with Crippen LogP contribution in [0.2, 0.25) is 0 Å². The third kappa shape index (κ3) is 3.42. The molecule has 1 nitrogen and oxygen atoms in total. The summed E-state index contributed by atoms with van der Waals surface area (Å²) in [6.45, 7) is 6.81. The topological polar surface area (TPSA) is 12.0 Å². The summed E-state index contributed by atoms with van der Waals surface area (Å²) in [7, 11) is 0. The van der Waals surface area contributed by atoms with Crippen LogP contribution in [-0.2, 0) is 6.54 Å². The van der Waals surface area contributed by atoms with Gasteiger partial charge in [0.05, 0.1) is 0 Å². The van der Waals surface area contributed by atoms with Crippen LogP contribution in [0, 0.1) is 19.7 Å². The van der Waals surface area contributed by atoms with Crippen molar-refractivity contribution < 1.29 is 4.39 Å². The molecule has 1 N–H and O–H groups in total. The van der Waals surface area contributed by atoms with Gasteiger partial charge in [0.25, 0.3) is 0 Å². The molecule has 1 atom stereocenters. The van der Waals surface area contributed by atoms with Crippen molar-refractivity contribution in [2.75, 3.05) is 0 Å². The molecule has 0 aliphatic carbocycles. The first-order chi connectivity index (χ1) is 9.08. The standard InChI is InChI=1S/C17H20FN/c1-12-6-4-5-7-16(12)14(3)19-11-15-8-9-17(18)13(2)10-15/h4-10,14,19H,11H2,1-3H3. The molecule has 0 bridgehead atoms. The van der Waals surface area contributed by atoms with E-state index in [4.69, 9.17) is 0 Å². The van der Waals surface area contributed by atoms with E-state index in [0.717, 1.165) is 12.1 Å². The minimum atomic E-state index is -0.143. The zero-order valence-electron chi connectivity index (χ0n) is 11.7. The van der Waals surface area contributed by atoms with Gasteiger partial charge in [0.1, 0.15) is 5.82 Å². The Morgan fingerprint density at radius 1 is 1.05 bits per heavy atom. The van der Waals surface area contributed by atoms with E-state index in [1.807, 2.05) is 12.1 Å². The number of nitrogens with one attached hydrogen (secondary N) is 1. The van der Waals surface area contributed by atoms with E-state index >= 15 is 0 Å². The molecule has 0 saturated carbocycles. The average Bonchev–Trinajstić information content (AvgIpc) is 2.40. The lowest BCUT2D eigenvalue weighted by Gasteiger charge is -2.16. The molecule has 0 radical (unpaired) electrons. The molecule has 0 heterocycles. The monoisotopic (exact) mass is 257 g/mol. The molecular formula is C17H20FN. The van der Waals surface area contributed by atoms with Gasteiger partial charge in [-0.3, -0.25) is 0 Å². The summed E-state index contributed by atoms with van der Waals surface area (Å²) in [5.74, 6) is -0.143. The van der Waals surface area contributed by atoms with Gasteiger partial charge in [-0.2, -0.15) is 0 Å². The van der Waals surface area contributed by atoms with Crippen molar-refractivity contribution in [3.05, 3.63) is 70.5 Å². The fourth-order valence-electron chi connectivity index (χ4n) is 2.27. The predicted molar refractivity (Wildman–Crippen MR) is 77.6 cm³/mol. The Labute approximate surface area is 114 Å². The Bertz CT molecular complexity index is 563. The maximum absolute atomic E-state index is 13.2. The zero-order valence-corrected chi connectivity index (χ0v) is 11.7. The van der Waals surface area contributed by atoms with Gasteiger partial charge in [-0.15, -0.1) is 0 Å². The Balaban J connectivity index is 2.02. The summed E-state index contributed by atoms with van der Waals surface area (Å²) in [4.78, 5) is 0. The minimum Gasteiger partial charge on any atom is -0.306 e. The highest BCUT2D eigenvalue weighted by atomic mass is 19.1. The van der Waals surface area contributed by atoms with Crippen LogP contribution in [0.5, 0.6) is 0 Å². The van der Waals surface area contributed by atoms with Crippen LogP contribution in [0.3, 0.4) is 0 Å². The van der Waals surface area contributed by atoms with E-state index in [9.17, 15) is 4.39 Å². The molecule has 1 unspecified atom stereocenters. The van der Waals surface area contributed by atoms with Gasteiger partial charge >= 0.3 is 0 Å². The Hall–Kier alpha value is -1.67. The lowest BCUT2D eigenvalue weighted by atomic mass is 10.0. The third-order valence-electron chi connectivity index (χ3n) is 3.49. The lowest BCUT2D eigenvalue weighted by Crippen LogP contribution is -2.19. The van der Waals surface area contributed by atoms with Crippen molar-refractivity contribution in [2.45, 2.75) is 33.4 Å². The van der Waals surface area contributed by atoms with Gasteiger partial charge in [0.2, 0.25) is 0 Å². The van der Waals surface area contributed by atoms with Gasteiger partial charge < -0.3 is 5.32 Å². The first kappa shape index (κ1) is 13.8. The van der Waals surface area contributed by atoms with Gasteiger partial charge in [-0.25, -0.2) is 4.39 Å². The van der Waals surface area contributed by atoms with Crippen LogP contribution in [0.25, 0.3) is 0 Å². The van der Waals surface area contributed by atoms with Crippen molar-refractivity contribution in [2.24, 2.45) is 0 Å². The van der Waals surface area contributed by atoms with Crippen molar-refractivity contribution in [1.29, 1.82) is 0 Å². The highest BCUT2D eigenvalue weighted by Gasteiger charge is 2.07. The molecule has 0 amide bonds. The zero-order chi connectivity index (χ0) is 13.8. The number of hydrogen-bond donors (Lipinski definition) is 1. The maximum Gasteiger partial charge on any atom is 0.126 e. The fourth-order valence-corrected chi connectivity index (χ4v) is 2.27. The van der Waals surface area contributed by atoms with Crippen LogP contribution in [0.15, 0.2) is 42.5 Å². The average molecular weight is 257 g/mol. The first-order valence-corrected chi connectivity index (χ1v) is 6.62. The van der Waals surface area contributed by atoms with E-state index < -0.39 is 0 Å². The molecule has 2 rings (SSSR count). The number of halogens is 1. The molecule has 2 aromatic rings. The van der Waals surface area contributed by atoms with E-state index in [2.05, 4.69) is 43.4 Å². The van der Waals surface area contributed by atoms with E-state index in [-0.39, 0.29) is 11.9 Å². The van der Waals surface area contributed by atoms with E-state index in [1.165, 1.54) is 17.2 Å². The van der Waals surface area contributed by atoms with Crippen LogP contribution < -0.4 is 5.32 Å². The first-order valence-electron chi connectivity index (χ1n) is 6.62. The quantitative estimate of drug-likeness (QED) is 0.861. The van der Waals surface area contributed by atoms with Crippen LogP contribution >= 0.6 is 0 Å². The Morgan fingerprint density at radius 2 is 1.79 bits per heavy atom. The van der Waals surface area contributed by atoms with Gasteiger partial charge in [0.15, 0.2) is 0 Å². The van der Waals surface area contributed by atoms with Crippen molar-refractivity contribution in [3.8, 4) is 0 Å². The molecule has 100 valence electrons. The summed E-state index contributed by atoms with van der Waals surface area (Å²) in [5, 5.41) is 3.48. The smallest absolute Gasteiger partial charge is 0.126 e. The van der Waals surface area contributed by atoms with Crippen LogP contribution in [0.4, 0.5) is 4.39 Å². The molecule has 0 aromatic heterocycles. The predicted octanol–water partition coefficient (Wildman–Crippen LogP) is 4.29. The van der Waals surface area contributed by atoms with Crippen molar-refractivity contribution in [3.63, 3.8) is 0 Å². The molecule has 19 heavy (non-hydrogen) atoms. The van der Waals surface area contributed by atoms with Gasteiger partial charge in [0, 0.05) is 12.6 Å². The maximum atomic E-state index is 13.2. The number of aryl methyl sites for hydroxylation is 2. The largest absolute Gasteiger partial charge is 0.306 e. The summed E-state index contributed by atoms with van der Waals surface area (Å²) < 4.78 is 13.2. The van der Waals surface area contributed by atoms with Gasteiger partial charge in [-0.05, 0) is 49.1 Å². The third-order valence-corrected chi connectivity index (χ3v) is 3.49. The van der Waals surface area contributed by atoms with Crippen LogP contribution in [-0.4, -0.2) is 0 Å². The molecule has 2 heteroatoms. The molecule has 0 saturated heterocycles. The molecule has 0 fully saturated rings. The normalized spacial score (nSPS) is 12.4. The molecule has 0 spiro atoms. The highest BCUT2D eigenvalue weighted by molar-refractivity contribution is 5.29. The fraction of sp³-hybridized carbons (Fsp3) is 0.294. The second-order valence-corrected chi connectivity index (χ2v) is 5.04. The second-order valence-electron chi connectivity index (χ2n) is 5.04. The van der Waals surface area contributed by atoms with Crippen molar-refractivity contribution >= 4 is 0 Å². The number of hydrogen-bond acceptors (Lipinski definition) is 1. The highest BCUT2D eigenvalue weighted by Crippen LogP contribution is 2.17. The molecular weight excluding hydrogens is 237 g/mol. The van der Waals surface area contributed by atoms with E-state index in [1.54, 1.807) is 6.92 Å².